The lowest BCUT2D eigenvalue weighted by molar-refractivity contribution is -0.156. The first-order valence-corrected chi connectivity index (χ1v) is 8.93. The van der Waals surface area contributed by atoms with E-state index in [1.54, 1.807) is 0 Å². The summed E-state index contributed by atoms with van der Waals surface area (Å²) in [5, 5.41) is 4.54. The summed E-state index contributed by atoms with van der Waals surface area (Å²) in [6.07, 6.45) is 2.44. The van der Waals surface area contributed by atoms with E-state index in [1.165, 1.54) is 0 Å². The molecule has 1 aromatic carbocycles. The summed E-state index contributed by atoms with van der Waals surface area (Å²) < 4.78 is 5.46. The summed E-state index contributed by atoms with van der Waals surface area (Å²) in [7, 11) is 0. The Morgan fingerprint density at radius 1 is 1.32 bits per heavy atom. The zero-order valence-corrected chi connectivity index (χ0v) is 15.9. The number of aromatic nitrogens is 2. The van der Waals surface area contributed by atoms with E-state index in [0.29, 0.717) is 18.8 Å². The van der Waals surface area contributed by atoms with Gasteiger partial charge in [-0.3, -0.25) is 4.79 Å². The highest BCUT2D eigenvalue weighted by molar-refractivity contribution is 6.28. The third-order valence-corrected chi connectivity index (χ3v) is 4.52. The van der Waals surface area contributed by atoms with Gasteiger partial charge in [0.2, 0.25) is 5.28 Å². The van der Waals surface area contributed by atoms with E-state index in [9.17, 15) is 4.79 Å². The van der Waals surface area contributed by atoms with Crippen LogP contribution in [0.4, 0.5) is 5.82 Å². The minimum Gasteiger partial charge on any atom is -0.460 e. The van der Waals surface area contributed by atoms with Gasteiger partial charge in [0.25, 0.3) is 0 Å². The molecule has 1 heterocycles. The zero-order valence-electron chi connectivity index (χ0n) is 15.1. The molecule has 0 saturated heterocycles. The number of halogens is 1. The van der Waals surface area contributed by atoms with Gasteiger partial charge in [-0.25, -0.2) is 9.97 Å². The molecule has 0 aliphatic heterocycles. The molecule has 3 rings (SSSR count). The maximum absolute atomic E-state index is 12.1. The SMILES string of the molecule is Cc1ccc2nc(Cl)nc(NCC3(CC(=O)OC(C)(C)C)CC3)c2c1. The average Bonchev–Trinajstić information content (AvgIpc) is 3.23. The summed E-state index contributed by atoms with van der Waals surface area (Å²) in [4.78, 5) is 20.7. The number of aryl methyl sites for hydroxylation is 1. The van der Waals surface area contributed by atoms with Crippen molar-refractivity contribution in [3.8, 4) is 0 Å². The number of benzene rings is 1. The molecule has 25 heavy (non-hydrogen) atoms. The molecule has 134 valence electrons. The molecular formula is C19H24ClN3O2. The smallest absolute Gasteiger partial charge is 0.306 e. The van der Waals surface area contributed by atoms with Gasteiger partial charge in [0.1, 0.15) is 11.4 Å². The maximum atomic E-state index is 12.1. The van der Waals surface area contributed by atoms with Crippen molar-refractivity contribution in [2.45, 2.75) is 52.6 Å². The molecule has 0 amide bonds. The van der Waals surface area contributed by atoms with Gasteiger partial charge in [-0.1, -0.05) is 11.6 Å². The quantitative estimate of drug-likeness (QED) is 0.626. The molecule has 1 N–H and O–H groups in total. The van der Waals surface area contributed by atoms with Crippen LogP contribution in [-0.2, 0) is 9.53 Å². The lowest BCUT2D eigenvalue weighted by Crippen LogP contribution is -2.27. The van der Waals surface area contributed by atoms with Crippen LogP contribution < -0.4 is 5.32 Å². The molecule has 5 nitrogen and oxygen atoms in total. The highest BCUT2D eigenvalue weighted by atomic mass is 35.5. The summed E-state index contributed by atoms with van der Waals surface area (Å²) in [5.41, 5.74) is 1.45. The standard InChI is InChI=1S/C19H24ClN3O2/c1-12-5-6-14-13(9-12)16(23-17(20)22-14)21-11-19(7-8-19)10-15(24)25-18(2,3)4/h5-6,9H,7-8,10-11H2,1-4H3,(H,21,22,23). The molecule has 6 heteroatoms. The number of carbonyl (C=O) groups is 1. The van der Waals surface area contributed by atoms with Crippen molar-refractivity contribution in [3.63, 3.8) is 0 Å². The van der Waals surface area contributed by atoms with Crippen molar-refractivity contribution < 1.29 is 9.53 Å². The van der Waals surface area contributed by atoms with Crippen LogP contribution in [0, 0.1) is 12.3 Å². The first kappa shape index (κ1) is 17.9. The van der Waals surface area contributed by atoms with Gasteiger partial charge in [0.05, 0.1) is 11.9 Å². The second kappa shape index (κ2) is 6.45. The van der Waals surface area contributed by atoms with Crippen molar-refractivity contribution in [2.24, 2.45) is 5.41 Å². The van der Waals surface area contributed by atoms with Gasteiger partial charge >= 0.3 is 5.97 Å². The number of rotatable bonds is 5. The fourth-order valence-corrected chi connectivity index (χ4v) is 3.07. The Morgan fingerprint density at radius 3 is 2.68 bits per heavy atom. The Bertz CT molecular complexity index is 810. The van der Waals surface area contributed by atoms with E-state index in [2.05, 4.69) is 15.3 Å². The summed E-state index contributed by atoms with van der Waals surface area (Å²) in [6, 6.07) is 5.98. The number of ether oxygens (including phenoxy) is 1. The third-order valence-electron chi connectivity index (χ3n) is 4.35. The second-order valence-electron chi connectivity index (χ2n) is 7.98. The molecule has 0 atom stereocenters. The monoisotopic (exact) mass is 361 g/mol. The fraction of sp³-hybridized carbons (Fsp3) is 0.526. The largest absolute Gasteiger partial charge is 0.460 e. The number of esters is 1. The second-order valence-corrected chi connectivity index (χ2v) is 8.32. The number of carbonyl (C=O) groups excluding carboxylic acids is 1. The molecule has 1 saturated carbocycles. The predicted molar refractivity (Wildman–Crippen MR) is 99.9 cm³/mol. The Balaban J connectivity index is 1.72. The normalized spacial score (nSPS) is 15.9. The van der Waals surface area contributed by atoms with Crippen LogP contribution in [0.5, 0.6) is 0 Å². The van der Waals surface area contributed by atoms with Gasteiger partial charge in [0.15, 0.2) is 0 Å². The lowest BCUT2D eigenvalue weighted by Gasteiger charge is -2.22. The first-order chi connectivity index (χ1) is 11.7. The number of hydrogen-bond acceptors (Lipinski definition) is 5. The highest BCUT2D eigenvalue weighted by Crippen LogP contribution is 2.49. The van der Waals surface area contributed by atoms with Crippen molar-refractivity contribution in [1.29, 1.82) is 0 Å². The molecular weight excluding hydrogens is 338 g/mol. The highest BCUT2D eigenvalue weighted by Gasteiger charge is 2.45. The van der Waals surface area contributed by atoms with E-state index in [0.717, 1.165) is 29.3 Å². The first-order valence-electron chi connectivity index (χ1n) is 8.56. The maximum Gasteiger partial charge on any atom is 0.306 e. The Morgan fingerprint density at radius 2 is 2.04 bits per heavy atom. The lowest BCUT2D eigenvalue weighted by atomic mass is 10.0. The van der Waals surface area contributed by atoms with Crippen molar-refractivity contribution >= 4 is 34.3 Å². The molecule has 1 fully saturated rings. The van der Waals surface area contributed by atoms with Crippen LogP contribution in [-0.4, -0.2) is 28.1 Å². The van der Waals surface area contributed by atoms with Gasteiger partial charge in [-0.05, 0) is 69.7 Å². The Labute approximate surface area is 153 Å². The molecule has 0 unspecified atom stereocenters. The molecule has 0 radical (unpaired) electrons. The van der Waals surface area contributed by atoms with Gasteiger partial charge in [0, 0.05) is 11.9 Å². The van der Waals surface area contributed by atoms with Crippen molar-refractivity contribution in [2.75, 3.05) is 11.9 Å². The number of fused-ring (bicyclic) bond motifs is 1. The van der Waals surface area contributed by atoms with Crippen LogP contribution in [0.2, 0.25) is 5.28 Å². The van der Waals surface area contributed by atoms with E-state index in [1.807, 2.05) is 45.9 Å². The summed E-state index contributed by atoms with van der Waals surface area (Å²) in [5.74, 6) is 0.572. The molecule has 2 aromatic rings. The topological polar surface area (TPSA) is 64.1 Å². The number of hydrogen-bond donors (Lipinski definition) is 1. The van der Waals surface area contributed by atoms with Crippen molar-refractivity contribution in [3.05, 3.63) is 29.0 Å². The molecule has 1 aliphatic carbocycles. The van der Waals surface area contributed by atoms with E-state index in [4.69, 9.17) is 16.3 Å². The minimum absolute atomic E-state index is 0.0457. The predicted octanol–water partition coefficient (Wildman–Crippen LogP) is 4.52. The van der Waals surface area contributed by atoms with Crippen LogP contribution in [0.25, 0.3) is 10.9 Å². The Kier molecular flexibility index (Phi) is 4.62. The molecule has 0 bridgehead atoms. The minimum atomic E-state index is -0.450. The summed E-state index contributed by atoms with van der Waals surface area (Å²) >= 11 is 6.05. The fourth-order valence-electron chi connectivity index (χ4n) is 2.90. The number of anilines is 1. The van der Waals surface area contributed by atoms with Gasteiger partial charge in [-0.15, -0.1) is 0 Å². The van der Waals surface area contributed by atoms with E-state index in [-0.39, 0.29) is 16.7 Å². The van der Waals surface area contributed by atoms with Crippen LogP contribution in [0.3, 0.4) is 0 Å². The third kappa shape index (κ3) is 4.60. The number of nitrogens with zero attached hydrogens (tertiary/aromatic N) is 2. The summed E-state index contributed by atoms with van der Waals surface area (Å²) in [6.45, 7) is 8.37. The molecule has 1 aliphatic rings. The van der Waals surface area contributed by atoms with Gasteiger partial charge in [-0.2, -0.15) is 0 Å². The zero-order chi connectivity index (χ0) is 18.2. The average molecular weight is 362 g/mol. The van der Waals surface area contributed by atoms with Crippen LogP contribution in [0.15, 0.2) is 18.2 Å². The Hall–Kier alpha value is -1.88. The van der Waals surface area contributed by atoms with Crippen molar-refractivity contribution in [1.82, 2.24) is 9.97 Å². The van der Waals surface area contributed by atoms with Gasteiger partial charge < -0.3 is 10.1 Å². The molecule has 0 spiro atoms. The van der Waals surface area contributed by atoms with E-state index < -0.39 is 5.60 Å². The van der Waals surface area contributed by atoms with Crippen LogP contribution >= 0.6 is 11.6 Å². The van der Waals surface area contributed by atoms with E-state index >= 15 is 0 Å². The molecule has 1 aromatic heterocycles. The van der Waals surface area contributed by atoms with Crippen LogP contribution in [0.1, 0.15) is 45.6 Å². The number of nitrogens with one attached hydrogen (secondary N) is 1.